The van der Waals surface area contributed by atoms with Gasteiger partial charge in [0.2, 0.25) is 0 Å². The van der Waals surface area contributed by atoms with Crippen LogP contribution in [0.25, 0.3) is 0 Å². The lowest BCUT2D eigenvalue weighted by molar-refractivity contribution is 0.0990. The number of carbonyl (C=O) groups excluding carboxylic acids is 1. The lowest BCUT2D eigenvalue weighted by Crippen LogP contribution is -2.22. The molecule has 4 heteroatoms. The largest absolute Gasteiger partial charge is 0.491 e. The van der Waals surface area contributed by atoms with Crippen LogP contribution in [0.1, 0.15) is 29.8 Å². The summed E-state index contributed by atoms with van der Waals surface area (Å²) < 4.78 is 5.55. The molecule has 21 heavy (non-hydrogen) atoms. The smallest absolute Gasteiger partial charge is 0.176 e. The zero-order valence-corrected chi connectivity index (χ0v) is 12.4. The van der Waals surface area contributed by atoms with E-state index < -0.39 is 0 Å². The number of nitrogens with zero attached hydrogens (tertiary/aromatic N) is 1. The molecule has 0 unspecified atom stereocenters. The van der Waals surface area contributed by atoms with Gasteiger partial charge in [0.1, 0.15) is 5.75 Å². The normalized spacial score (nSPS) is 10.6. The van der Waals surface area contributed by atoms with Crippen molar-refractivity contribution in [1.82, 2.24) is 10.3 Å². The minimum atomic E-state index is 0.0648. The first-order chi connectivity index (χ1) is 10.1. The number of nitrogens with one attached hydrogen (secondary N) is 1. The van der Waals surface area contributed by atoms with Crippen molar-refractivity contribution < 1.29 is 9.53 Å². The van der Waals surface area contributed by atoms with Gasteiger partial charge in [0, 0.05) is 24.5 Å². The van der Waals surface area contributed by atoms with Crippen LogP contribution in [0.2, 0.25) is 0 Å². The topological polar surface area (TPSA) is 51.2 Å². The molecular formula is C17H20N2O2. The van der Waals surface area contributed by atoms with Crippen molar-refractivity contribution in [3.05, 3.63) is 59.9 Å². The molecule has 0 fully saturated rings. The Labute approximate surface area is 125 Å². The number of ether oxygens (including phenoxy) is 1. The number of aromatic nitrogens is 1. The quantitative estimate of drug-likeness (QED) is 0.794. The first-order valence-corrected chi connectivity index (χ1v) is 7.04. The summed E-state index contributed by atoms with van der Waals surface area (Å²) in [5, 5.41) is 3.13. The van der Waals surface area contributed by atoms with E-state index in [-0.39, 0.29) is 11.9 Å². The van der Waals surface area contributed by atoms with Crippen LogP contribution in [-0.4, -0.2) is 23.4 Å². The molecule has 0 aliphatic carbocycles. The van der Waals surface area contributed by atoms with Gasteiger partial charge >= 0.3 is 0 Å². The fourth-order valence-corrected chi connectivity index (χ4v) is 1.92. The average Bonchev–Trinajstić information content (AvgIpc) is 2.48. The van der Waals surface area contributed by atoms with E-state index in [2.05, 4.69) is 10.3 Å². The van der Waals surface area contributed by atoms with Gasteiger partial charge in [0.05, 0.1) is 12.6 Å². The highest BCUT2D eigenvalue weighted by Crippen LogP contribution is 2.14. The van der Waals surface area contributed by atoms with E-state index in [1.807, 2.05) is 38.1 Å². The van der Waals surface area contributed by atoms with E-state index in [1.165, 1.54) is 0 Å². The molecule has 0 radical (unpaired) electrons. The zero-order valence-electron chi connectivity index (χ0n) is 12.4. The van der Waals surface area contributed by atoms with Crippen LogP contribution in [0, 0.1) is 0 Å². The Morgan fingerprint density at radius 3 is 2.62 bits per heavy atom. The number of rotatable bonds is 7. The van der Waals surface area contributed by atoms with Crippen molar-refractivity contribution in [3.8, 4) is 5.75 Å². The zero-order chi connectivity index (χ0) is 15.1. The van der Waals surface area contributed by atoms with Crippen LogP contribution in [-0.2, 0) is 6.54 Å². The number of hydrogen-bond acceptors (Lipinski definition) is 4. The Morgan fingerprint density at radius 2 is 2.00 bits per heavy atom. The van der Waals surface area contributed by atoms with E-state index >= 15 is 0 Å². The molecule has 110 valence electrons. The molecule has 0 bridgehead atoms. The summed E-state index contributed by atoms with van der Waals surface area (Å²) in [6.45, 7) is 4.89. The van der Waals surface area contributed by atoms with E-state index in [9.17, 15) is 4.79 Å². The highest BCUT2D eigenvalue weighted by Gasteiger charge is 2.06. The summed E-state index contributed by atoms with van der Waals surface area (Å²) >= 11 is 0. The Hall–Kier alpha value is -2.20. The maximum atomic E-state index is 12.0. The molecule has 4 nitrogen and oxygen atoms in total. The lowest BCUT2D eigenvalue weighted by atomic mass is 10.1. The summed E-state index contributed by atoms with van der Waals surface area (Å²) in [6.07, 6.45) is 3.65. The van der Waals surface area contributed by atoms with Gasteiger partial charge in [-0.25, -0.2) is 0 Å². The van der Waals surface area contributed by atoms with Gasteiger partial charge in [-0.2, -0.15) is 0 Å². The van der Waals surface area contributed by atoms with Gasteiger partial charge in [-0.1, -0.05) is 6.07 Å². The first kappa shape index (κ1) is 15.2. The molecule has 0 saturated carbocycles. The van der Waals surface area contributed by atoms with E-state index in [0.29, 0.717) is 18.7 Å². The number of pyridine rings is 1. The summed E-state index contributed by atoms with van der Waals surface area (Å²) in [5.74, 6) is 0.847. The van der Waals surface area contributed by atoms with Crippen molar-refractivity contribution in [1.29, 1.82) is 0 Å². The SMILES string of the molecule is CC(C)Oc1ccc(C(=O)CNCc2cccnc2)cc1. The fourth-order valence-electron chi connectivity index (χ4n) is 1.92. The van der Waals surface area contributed by atoms with Crippen LogP contribution in [0.4, 0.5) is 0 Å². The second kappa shape index (κ2) is 7.55. The van der Waals surface area contributed by atoms with Gasteiger partial charge in [0.25, 0.3) is 0 Å². The van der Waals surface area contributed by atoms with E-state index in [4.69, 9.17) is 4.74 Å². The minimum absolute atomic E-state index is 0.0648. The van der Waals surface area contributed by atoms with Crippen LogP contribution >= 0.6 is 0 Å². The van der Waals surface area contributed by atoms with E-state index in [1.54, 1.807) is 24.5 Å². The number of ketones is 1. The molecule has 1 N–H and O–H groups in total. The third kappa shape index (κ3) is 5.00. The molecule has 1 aromatic heterocycles. The second-order valence-electron chi connectivity index (χ2n) is 5.08. The number of carbonyl (C=O) groups is 1. The van der Waals surface area contributed by atoms with Crippen LogP contribution < -0.4 is 10.1 Å². The number of benzene rings is 1. The van der Waals surface area contributed by atoms with E-state index in [0.717, 1.165) is 11.3 Å². The van der Waals surface area contributed by atoms with Crippen molar-refractivity contribution >= 4 is 5.78 Å². The molecule has 0 spiro atoms. The third-order valence-electron chi connectivity index (χ3n) is 2.89. The van der Waals surface area contributed by atoms with Crippen LogP contribution in [0.3, 0.4) is 0 Å². The Bertz CT molecular complexity index is 565. The molecule has 0 saturated heterocycles. The molecule has 0 aliphatic heterocycles. The third-order valence-corrected chi connectivity index (χ3v) is 2.89. The second-order valence-corrected chi connectivity index (χ2v) is 5.08. The van der Waals surface area contributed by atoms with Crippen molar-refractivity contribution in [2.24, 2.45) is 0 Å². The van der Waals surface area contributed by atoms with Gasteiger partial charge in [-0.15, -0.1) is 0 Å². The molecular weight excluding hydrogens is 264 g/mol. The number of hydrogen-bond donors (Lipinski definition) is 1. The van der Waals surface area contributed by atoms with Crippen molar-refractivity contribution in [2.75, 3.05) is 6.54 Å². The highest BCUT2D eigenvalue weighted by atomic mass is 16.5. The molecule has 2 aromatic rings. The van der Waals surface area contributed by atoms with Crippen LogP contribution in [0.15, 0.2) is 48.8 Å². The fraction of sp³-hybridized carbons (Fsp3) is 0.294. The highest BCUT2D eigenvalue weighted by molar-refractivity contribution is 5.97. The molecule has 0 aliphatic rings. The molecule has 1 aromatic carbocycles. The average molecular weight is 284 g/mol. The molecule has 0 atom stereocenters. The Morgan fingerprint density at radius 1 is 1.24 bits per heavy atom. The van der Waals surface area contributed by atoms with Crippen LogP contribution in [0.5, 0.6) is 5.75 Å². The summed E-state index contributed by atoms with van der Waals surface area (Å²) in [6, 6.07) is 11.1. The minimum Gasteiger partial charge on any atom is -0.491 e. The predicted molar refractivity (Wildman–Crippen MR) is 82.5 cm³/mol. The number of Topliss-reactive ketones (excluding diaryl/α,β-unsaturated/α-hetero) is 1. The first-order valence-electron chi connectivity index (χ1n) is 7.04. The van der Waals surface area contributed by atoms with Crippen molar-refractivity contribution in [3.63, 3.8) is 0 Å². The molecule has 2 rings (SSSR count). The lowest BCUT2D eigenvalue weighted by Gasteiger charge is -2.10. The molecule has 1 heterocycles. The van der Waals surface area contributed by atoms with Crippen molar-refractivity contribution in [2.45, 2.75) is 26.5 Å². The van der Waals surface area contributed by atoms with Gasteiger partial charge in [-0.05, 0) is 49.7 Å². The predicted octanol–water partition coefficient (Wildman–Crippen LogP) is 2.84. The summed E-state index contributed by atoms with van der Waals surface area (Å²) in [5.41, 5.74) is 1.75. The van der Waals surface area contributed by atoms with Gasteiger partial charge in [0.15, 0.2) is 5.78 Å². The van der Waals surface area contributed by atoms with Gasteiger partial charge < -0.3 is 10.1 Å². The van der Waals surface area contributed by atoms with Gasteiger partial charge in [-0.3, -0.25) is 9.78 Å². The maximum Gasteiger partial charge on any atom is 0.176 e. The maximum absolute atomic E-state index is 12.0. The Kier molecular flexibility index (Phi) is 5.46. The summed E-state index contributed by atoms with van der Waals surface area (Å²) in [7, 11) is 0. The summed E-state index contributed by atoms with van der Waals surface area (Å²) in [4.78, 5) is 16.1. The Balaban J connectivity index is 1.83. The monoisotopic (exact) mass is 284 g/mol. The molecule has 0 amide bonds. The standard InChI is InChI=1S/C17H20N2O2/c1-13(2)21-16-7-5-15(6-8-16)17(20)12-19-11-14-4-3-9-18-10-14/h3-10,13,19H,11-12H2,1-2H3.